The number of carbonyl (C=O) groups is 2. The largest absolute Gasteiger partial charge is 0.368 e. The molecule has 2 aromatic rings. The molecule has 0 unspecified atom stereocenters. The Bertz CT molecular complexity index is 928. The molecule has 1 aliphatic rings. The number of unbranched alkanes of at least 4 members (excludes halogenated alkanes) is 2. The molecule has 1 fully saturated rings. The molecule has 0 bridgehead atoms. The molecule has 0 aromatic heterocycles. The molecule has 1 heterocycles. The fourth-order valence-corrected chi connectivity index (χ4v) is 3.61. The Hall–Kier alpha value is -3.53. The van der Waals surface area contributed by atoms with Gasteiger partial charge in [-0.15, -0.1) is 0 Å². The number of rotatable bonds is 7. The molecule has 3 rings (SSSR count). The standard InChI is InChI=1S/C24H29N5O2/c1-2-3-4-8-23(30)29-15-13-28(14-16-29)22-11-9-20(10-12-22)26-24(31)27-21-7-5-6-19(17-21)18-25/h5-7,9-12,17H,2-4,8,13-16H2,1H3,(H2,26,27,31). The summed E-state index contributed by atoms with van der Waals surface area (Å²) in [5, 5.41) is 14.5. The number of nitrogens with zero attached hydrogens (tertiary/aromatic N) is 3. The van der Waals surface area contributed by atoms with Crippen LogP contribution in [0.5, 0.6) is 0 Å². The van der Waals surface area contributed by atoms with Crippen molar-refractivity contribution in [3.05, 3.63) is 54.1 Å². The monoisotopic (exact) mass is 419 g/mol. The summed E-state index contributed by atoms with van der Waals surface area (Å²) in [4.78, 5) is 28.7. The van der Waals surface area contributed by atoms with Crippen LogP contribution in [0.15, 0.2) is 48.5 Å². The molecule has 1 saturated heterocycles. The molecular formula is C24H29N5O2. The van der Waals surface area contributed by atoms with Gasteiger partial charge in [-0.3, -0.25) is 4.79 Å². The molecule has 7 heteroatoms. The first-order valence-electron chi connectivity index (χ1n) is 10.8. The molecule has 0 saturated carbocycles. The lowest BCUT2D eigenvalue weighted by Crippen LogP contribution is -2.48. The molecule has 2 N–H and O–H groups in total. The van der Waals surface area contributed by atoms with Gasteiger partial charge in [-0.25, -0.2) is 4.79 Å². The maximum absolute atomic E-state index is 12.3. The minimum absolute atomic E-state index is 0.263. The maximum Gasteiger partial charge on any atom is 0.323 e. The van der Waals surface area contributed by atoms with Gasteiger partial charge in [0.2, 0.25) is 5.91 Å². The number of amides is 3. The van der Waals surface area contributed by atoms with Gasteiger partial charge in [0, 0.05) is 49.7 Å². The zero-order chi connectivity index (χ0) is 22.1. The number of nitrogens with one attached hydrogen (secondary N) is 2. The highest BCUT2D eigenvalue weighted by Crippen LogP contribution is 2.20. The number of carbonyl (C=O) groups excluding carboxylic acids is 2. The highest BCUT2D eigenvalue weighted by Gasteiger charge is 2.20. The van der Waals surface area contributed by atoms with E-state index in [-0.39, 0.29) is 11.9 Å². The second kappa shape index (κ2) is 11.0. The molecule has 7 nitrogen and oxygen atoms in total. The first-order chi connectivity index (χ1) is 15.1. The molecule has 162 valence electrons. The Kier molecular flexibility index (Phi) is 7.88. The van der Waals surface area contributed by atoms with Crippen LogP contribution in [0.3, 0.4) is 0 Å². The first-order valence-corrected chi connectivity index (χ1v) is 10.8. The predicted molar refractivity (Wildman–Crippen MR) is 123 cm³/mol. The van der Waals surface area contributed by atoms with Crippen molar-refractivity contribution in [3.8, 4) is 6.07 Å². The van der Waals surface area contributed by atoms with Gasteiger partial charge in [0.1, 0.15) is 0 Å². The number of piperazine rings is 1. The quantitative estimate of drug-likeness (QED) is 0.650. The van der Waals surface area contributed by atoms with Gasteiger partial charge in [-0.1, -0.05) is 25.8 Å². The molecule has 1 aliphatic heterocycles. The molecule has 0 atom stereocenters. The van der Waals surface area contributed by atoms with Crippen LogP contribution in [-0.2, 0) is 4.79 Å². The SMILES string of the molecule is CCCCCC(=O)N1CCN(c2ccc(NC(=O)Nc3cccc(C#N)c3)cc2)CC1. The topological polar surface area (TPSA) is 88.5 Å². The average molecular weight is 420 g/mol. The maximum atomic E-state index is 12.3. The Morgan fingerprint density at radius 3 is 2.35 bits per heavy atom. The van der Waals surface area contributed by atoms with Crippen molar-refractivity contribution in [1.29, 1.82) is 5.26 Å². The Morgan fingerprint density at radius 1 is 0.968 bits per heavy atom. The number of hydrogen-bond acceptors (Lipinski definition) is 4. The van der Waals surface area contributed by atoms with E-state index in [0.717, 1.165) is 51.1 Å². The second-order valence-electron chi connectivity index (χ2n) is 7.64. The van der Waals surface area contributed by atoms with E-state index in [1.165, 1.54) is 0 Å². The van der Waals surface area contributed by atoms with Gasteiger partial charge >= 0.3 is 6.03 Å². The van der Waals surface area contributed by atoms with Crippen LogP contribution in [-0.4, -0.2) is 43.0 Å². The van der Waals surface area contributed by atoms with E-state index in [2.05, 4.69) is 22.5 Å². The van der Waals surface area contributed by atoms with Crippen LogP contribution in [0.1, 0.15) is 38.2 Å². The van der Waals surface area contributed by atoms with E-state index in [1.54, 1.807) is 24.3 Å². The summed E-state index contributed by atoms with van der Waals surface area (Å²) >= 11 is 0. The summed E-state index contributed by atoms with van der Waals surface area (Å²) in [6, 6.07) is 16.1. The third-order valence-corrected chi connectivity index (χ3v) is 5.37. The lowest BCUT2D eigenvalue weighted by atomic mass is 10.1. The van der Waals surface area contributed by atoms with Crippen LogP contribution in [0.2, 0.25) is 0 Å². The van der Waals surface area contributed by atoms with Gasteiger partial charge < -0.3 is 20.4 Å². The lowest BCUT2D eigenvalue weighted by molar-refractivity contribution is -0.131. The Balaban J connectivity index is 1.47. The van der Waals surface area contributed by atoms with Crippen LogP contribution >= 0.6 is 0 Å². The van der Waals surface area contributed by atoms with Crippen molar-refractivity contribution >= 4 is 29.0 Å². The summed E-state index contributed by atoms with van der Waals surface area (Å²) in [6.45, 7) is 5.25. The first kappa shape index (κ1) is 22.2. The van der Waals surface area contributed by atoms with E-state index >= 15 is 0 Å². The predicted octanol–water partition coefficient (Wildman–Crippen LogP) is 4.43. The minimum atomic E-state index is -0.363. The normalized spacial score (nSPS) is 13.4. The zero-order valence-corrected chi connectivity index (χ0v) is 17.9. The Morgan fingerprint density at radius 2 is 1.68 bits per heavy atom. The third-order valence-electron chi connectivity index (χ3n) is 5.37. The molecule has 0 spiro atoms. The highest BCUT2D eigenvalue weighted by atomic mass is 16.2. The van der Waals surface area contributed by atoms with Gasteiger partial charge in [0.05, 0.1) is 11.6 Å². The van der Waals surface area contributed by atoms with Crippen LogP contribution < -0.4 is 15.5 Å². The fourth-order valence-electron chi connectivity index (χ4n) is 3.61. The summed E-state index contributed by atoms with van der Waals surface area (Å²) < 4.78 is 0. The summed E-state index contributed by atoms with van der Waals surface area (Å²) in [7, 11) is 0. The summed E-state index contributed by atoms with van der Waals surface area (Å²) in [6.07, 6.45) is 3.86. The number of anilines is 3. The van der Waals surface area contributed by atoms with Crippen LogP contribution in [0.25, 0.3) is 0 Å². The number of nitriles is 1. The molecule has 0 radical (unpaired) electrons. The Labute approximate surface area is 183 Å². The summed E-state index contributed by atoms with van der Waals surface area (Å²) in [5.74, 6) is 0.263. The van der Waals surface area contributed by atoms with Gasteiger partial charge in [0.25, 0.3) is 0 Å². The third kappa shape index (κ3) is 6.48. The summed E-state index contributed by atoms with van der Waals surface area (Å²) in [5.41, 5.74) is 2.81. The van der Waals surface area contributed by atoms with Gasteiger partial charge in [-0.2, -0.15) is 5.26 Å². The number of urea groups is 1. The van der Waals surface area contributed by atoms with Crippen molar-refractivity contribution in [3.63, 3.8) is 0 Å². The molecule has 0 aliphatic carbocycles. The van der Waals surface area contributed by atoms with E-state index in [1.807, 2.05) is 35.2 Å². The van der Waals surface area contributed by atoms with Crippen molar-refractivity contribution in [2.75, 3.05) is 41.7 Å². The zero-order valence-electron chi connectivity index (χ0n) is 17.9. The lowest BCUT2D eigenvalue weighted by Gasteiger charge is -2.36. The minimum Gasteiger partial charge on any atom is -0.368 e. The molecule has 31 heavy (non-hydrogen) atoms. The van der Waals surface area contributed by atoms with E-state index in [9.17, 15) is 9.59 Å². The van der Waals surface area contributed by atoms with Crippen LogP contribution in [0, 0.1) is 11.3 Å². The number of benzene rings is 2. The second-order valence-corrected chi connectivity index (χ2v) is 7.64. The molecular weight excluding hydrogens is 390 g/mol. The van der Waals surface area contributed by atoms with Crippen molar-refractivity contribution in [2.24, 2.45) is 0 Å². The fraction of sp³-hybridized carbons (Fsp3) is 0.375. The van der Waals surface area contributed by atoms with Gasteiger partial charge in [0.15, 0.2) is 0 Å². The van der Waals surface area contributed by atoms with Crippen molar-refractivity contribution in [1.82, 2.24) is 4.90 Å². The smallest absolute Gasteiger partial charge is 0.323 e. The van der Waals surface area contributed by atoms with Gasteiger partial charge in [-0.05, 0) is 48.9 Å². The molecule has 3 amide bonds. The van der Waals surface area contributed by atoms with Crippen molar-refractivity contribution < 1.29 is 9.59 Å². The van der Waals surface area contributed by atoms with E-state index < -0.39 is 0 Å². The van der Waals surface area contributed by atoms with Crippen LogP contribution in [0.4, 0.5) is 21.9 Å². The molecule has 2 aromatic carbocycles. The number of hydrogen-bond donors (Lipinski definition) is 2. The van der Waals surface area contributed by atoms with Crippen molar-refractivity contribution in [2.45, 2.75) is 32.6 Å². The van der Waals surface area contributed by atoms with E-state index in [4.69, 9.17) is 5.26 Å². The van der Waals surface area contributed by atoms with E-state index in [0.29, 0.717) is 23.4 Å². The average Bonchev–Trinajstić information content (AvgIpc) is 2.80. The highest BCUT2D eigenvalue weighted by molar-refractivity contribution is 5.99.